The molecule has 6 nitrogen and oxygen atoms in total. The van der Waals surface area contributed by atoms with Crippen LogP contribution in [0.1, 0.15) is 23.3 Å². The highest BCUT2D eigenvalue weighted by Gasteiger charge is 2.34. The number of H-pyrrole nitrogens is 1. The summed E-state index contributed by atoms with van der Waals surface area (Å²) in [7, 11) is 1.59. The van der Waals surface area contributed by atoms with Crippen LogP contribution in [0.15, 0.2) is 24.4 Å². The van der Waals surface area contributed by atoms with Gasteiger partial charge in [0.1, 0.15) is 11.7 Å². The van der Waals surface area contributed by atoms with Gasteiger partial charge in [0.15, 0.2) is 0 Å². The molecule has 0 aliphatic carbocycles. The van der Waals surface area contributed by atoms with E-state index >= 15 is 0 Å². The maximum absolute atomic E-state index is 12.5. The fraction of sp³-hybridized carbons (Fsp3) is 0.357. The Morgan fingerprint density at radius 1 is 1.40 bits per heavy atom. The summed E-state index contributed by atoms with van der Waals surface area (Å²) in [6.07, 6.45) is 3.34. The van der Waals surface area contributed by atoms with Crippen LogP contribution in [0.5, 0.6) is 0 Å². The van der Waals surface area contributed by atoms with Crippen molar-refractivity contribution in [1.29, 1.82) is 0 Å². The van der Waals surface area contributed by atoms with Crippen LogP contribution < -0.4 is 5.32 Å². The van der Waals surface area contributed by atoms with E-state index in [-0.39, 0.29) is 17.9 Å². The van der Waals surface area contributed by atoms with E-state index in [0.717, 1.165) is 17.5 Å². The lowest BCUT2D eigenvalue weighted by Gasteiger charge is -2.22. The third kappa shape index (κ3) is 2.03. The van der Waals surface area contributed by atoms with E-state index in [4.69, 9.17) is 0 Å². The SMILES string of the molecule is CNC(=O)[C@@H]1CCCN1C(=O)c1ccc2[nH]ccc2n1. The first-order valence-corrected chi connectivity index (χ1v) is 6.67. The summed E-state index contributed by atoms with van der Waals surface area (Å²) in [6.45, 7) is 0.601. The lowest BCUT2D eigenvalue weighted by Crippen LogP contribution is -2.45. The number of nitrogens with zero attached hydrogens (tertiary/aromatic N) is 2. The van der Waals surface area contributed by atoms with Gasteiger partial charge in [0.05, 0.1) is 11.0 Å². The van der Waals surface area contributed by atoms with Gasteiger partial charge in [-0.05, 0) is 31.0 Å². The number of pyridine rings is 1. The second-order valence-corrected chi connectivity index (χ2v) is 4.88. The number of likely N-dealkylation sites (tertiary alicyclic amines) is 1. The second kappa shape index (κ2) is 4.96. The summed E-state index contributed by atoms with van der Waals surface area (Å²) in [6, 6.07) is 4.98. The number of nitrogens with one attached hydrogen (secondary N) is 2. The Hall–Kier alpha value is -2.37. The maximum Gasteiger partial charge on any atom is 0.273 e. The Kier molecular flexibility index (Phi) is 3.14. The molecule has 0 saturated carbocycles. The van der Waals surface area contributed by atoms with Crippen molar-refractivity contribution in [2.45, 2.75) is 18.9 Å². The molecule has 1 fully saturated rings. The van der Waals surface area contributed by atoms with E-state index in [1.807, 2.05) is 12.1 Å². The van der Waals surface area contributed by atoms with E-state index < -0.39 is 0 Å². The average Bonchev–Trinajstić information content (AvgIpc) is 3.13. The first kappa shape index (κ1) is 12.7. The van der Waals surface area contributed by atoms with Gasteiger partial charge in [-0.15, -0.1) is 0 Å². The first-order valence-electron chi connectivity index (χ1n) is 6.67. The Morgan fingerprint density at radius 3 is 3.05 bits per heavy atom. The molecule has 3 rings (SSSR count). The summed E-state index contributed by atoms with van der Waals surface area (Å²) >= 11 is 0. The van der Waals surface area contributed by atoms with Crippen LogP contribution in [0.3, 0.4) is 0 Å². The molecule has 0 aromatic carbocycles. The van der Waals surface area contributed by atoms with Gasteiger partial charge in [-0.3, -0.25) is 9.59 Å². The number of aromatic nitrogens is 2. The van der Waals surface area contributed by atoms with E-state index in [2.05, 4.69) is 15.3 Å². The van der Waals surface area contributed by atoms with Crippen LogP contribution >= 0.6 is 0 Å². The van der Waals surface area contributed by atoms with Crippen molar-refractivity contribution in [2.75, 3.05) is 13.6 Å². The van der Waals surface area contributed by atoms with Gasteiger partial charge < -0.3 is 15.2 Å². The monoisotopic (exact) mass is 272 g/mol. The molecule has 0 unspecified atom stereocenters. The number of carbonyl (C=O) groups is 2. The van der Waals surface area contributed by atoms with Crippen LogP contribution in [0.25, 0.3) is 11.0 Å². The first-order chi connectivity index (χ1) is 9.70. The van der Waals surface area contributed by atoms with E-state index in [1.54, 1.807) is 24.2 Å². The summed E-state index contributed by atoms with van der Waals surface area (Å²) in [5.74, 6) is -0.294. The number of carbonyl (C=O) groups excluding carboxylic acids is 2. The van der Waals surface area contributed by atoms with E-state index in [0.29, 0.717) is 18.7 Å². The summed E-state index contributed by atoms with van der Waals surface area (Å²) in [5.41, 5.74) is 2.03. The number of fused-ring (bicyclic) bond motifs is 1. The lowest BCUT2D eigenvalue weighted by molar-refractivity contribution is -0.124. The minimum atomic E-state index is -0.378. The zero-order chi connectivity index (χ0) is 14.1. The van der Waals surface area contributed by atoms with Crippen molar-refractivity contribution in [3.63, 3.8) is 0 Å². The zero-order valence-electron chi connectivity index (χ0n) is 11.2. The minimum Gasteiger partial charge on any atom is -0.360 e. The standard InChI is InChI=1S/C14H16N4O2/c1-15-13(19)12-3-2-8-18(12)14(20)11-5-4-9-10(17-11)6-7-16-9/h4-7,12,16H,2-3,8H2,1H3,(H,15,19)/t12-/m0/s1. The number of amides is 2. The summed E-state index contributed by atoms with van der Waals surface area (Å²) < 4.78 is 0. The maximum atomic E-state index is 12.5. The van der Waals surface area contributed by atoms with Gasteiger partial charge in [0, 0.05) is 19.8 Å². The predicted molar refractivity (Wildman–Crippen MR) is 74.2 cm³/mol. The quantitative estimate of drug-likeness (QED) is 0.853. The molecule has 2 N–H and O–H groups in total. The van der Waals surface area contributed by atoms with Crippen LogP contribution in [0.4, 0.5) is 0 Å². The van der Waals surface area contributed by atoms with Gasteiger partial charge >= 0.3 is 0 Å². The molecule has 2 amide bonds. The highest BCUT2D eigenvalue weighted by atomic mass is 16.2. The summed E-state index contributed by atoms with van der Waals surface area (Å²) in [5, 5.41) is 2.61. The fourth-order valence-corrected chi connectivity index (χ4v) is 2.65. The number of hydrogen-bond acceptors (Lipinski definition) is 3. The minimum absolute atomic E-state index is 0.112. The third-order valence-corrected chi connectivity index (χ3v) is 3.69. The lowest BCUT2D eigenvalue weighted by atomic mass is 10.2. The highest BCUT2D eigenvalue weighted by Crippen LogP contribution is 2.20. The van der Waals surface area contributed by atoms with Crippen LogP contribution in [-0.4, -0.2) is 46.3 Å². The van der Waals surface area contributed by atoms with Crippen LogP contribution in [0.2, 0.25) is 0 Å². The van der Waals surface area contributed by atoms with Gasteiger partial charge in [0.25, 0.3) is 5.91 Å². The molecule has 20 heavy (non-hydrogen) atoms. The molecule has 1 atom stereocenters. The molecule has 0 bridgehead atoms. The fourth-order valence-electron chi connectivity index (χ4n) is 2.65. The van der Waals surface area contributed by atoms with E-state index in [1.165, 1.54) is 0 Å². The molecule has 1 saturated heterocycles. The Morgan fingerprint density at radius 2 is 2.25 bits per heavy atom. The normalized spacial score (nSPS) is 18.4. The number of likely N-dealkylation sites (N-methyl/N-ethyl adjacent to an activating group) is 1. The molecule has 0 radical (unpaired) electrons. The molecule has 104 valence electrons. The van der Waals surface area contributed by atoms with Gasteiger partial charge in [-0.1, -0.05) is 0 Å². The van der Waals surface area contributed by atoms with E-state index in [9.17, 15) is 9.59 Å². The largest absolute Gasteiger partial charge is 0.360 e. The molecule has 1 aliphatic rings. The molecule has 0 spiro atoms. The Balaban J connectivity index is 1.89. The van der Waals surface area contributed by atoms with Gasteiger partial charge in [0.2, 0.25) is 5.91 Å². The second-order valence-electron chi connectivity index (χ2n) is 4.88. The van der Waals surface area contributed by atoms with Crippen molar-refractivity contribution in [1.82, 2.24) is 20.2 Å². The van der Waals surface area contributed by atoms with Crippen molar-refractivity contribution in [3.05, 3.63) is 30.1 Å². The topological polar surface area (TPSA) is 78.1 Å². The molecular formula is C14H16N4O2. The molecular weight excluding hydrogens is 256 g/mol. The number of aromatic amines is 1. The van der Waals surface area contributed by atoms with Crippen molar-refractivity contribution < 1.29 is 9.59 Å². The molecule has 2 aromatic heterocycles. The Bertz CT molecular complexity index is 664. The Labute approximate surface area is 116 Å². The van der Waals surface area contributed by atoms with Crippen molar-refractivity contribution in [2.24, 2.45) is 0 Å². The highest BCUT2D eigenvalue weighted by molar-refractivity contribution is 5.97. The smallest absolute Gasteiger partial charge is 0.273 e. The predicted octanol–water partition coefficient (Wildman–Crippen LogP) is 0.913. The summed E-state index contributed by atoms with van der Waals surface area (Å²) in [4.78, 5) is 33.3. The van der Waals surface area contributed by atoms with Crippen LogP contribution in [-0.2, 0) is 4.79 Å². The van der Waals surface area contributed by atoms with Gasteiger partial charge in [-0.2, -0.15) is 0 Å². The molecule has 6 heteroatoms. The third-order valence-electron chi connectivity index (χ3n) is 3.69. The number of hydrogen-bond donors (Lipinski definition) is 2. The van der Waals surface area contributed by atoms with Crippen LogP contribution in [0, 0.1) is 0 Å². The van der Waals surface area contributed by atoms with Gasteiger partial charge in [-0.25, -0.2) is 4.98 Å². The average molecular weight is 272 g/mol. The van der Waals surface area contributed by atoms with Crippen molar-refractivity contribution >= 4 is 22.8 Å². The van der Waals surface area contributed by atoms with Crippen molar-refractivity contribution in [3.8, 4) is 0 Å². The molecule has 2 aromatic rings. The number of rotatable bonds is 2. The zero-order valence-corrected chi connectivity index (χ0v) is 11.2. The molecule has 3 heterocycles. The molecule has 1 aliphatic heterocycles.